The number of allylic oxidation sites excluding steroid dienone is 1. The molecule has 4 atom stereocenters. The van der Waals surface area contributed by atoms with Crippen LogP contribution in [0.3, 0.4) is 0 Å². The van der Waals surface area contributed by atoms with Crippen molar-refractivity contribution in [2.45, 2.75) is 19.0 Å². The number of carbonyl (C=O) groups is 3. The van der Waals surface area contributed by atoms with Crippen LogP contribution in [0.15, 0.2) is 65.8 Å². The number of nitrogens with zero attached hydrogens (tertiary/aromatic N) is 4. The quantitative estimate of drug-likeness (QED) is 0.319. The van der Waals surface area contributed by atoms with Gasteiger partial charge in [0.05, 0.1) is 28.5 Å². The van der Waals surface area contributed by atoms with Gasteiger partial charge in [-0.15, -0.1) is 0 Å². The zero-order valence-electron chi connectivity index (χ0n) is 17.0. The van der Waals surface area contributed by atoms with E-state index in [2.05, 4.69) is 5.10 Å². The molecule has 3 aliphatic rings. The molecule has 32 heavy (non-hydrogen) atoms. The number of nitro groups is 1. The smallest absolute Gasteiger partial charge is 0.269 e. The van der Waals surface area contributed by atoms with Gasteiger partial charge in [0.15, 0.2) is 5.78 Å². The molecule has 0 bridgehead atoms. The molecular formula is C23H18N4O5. The second-order valence-corrected chi connectivity index (χ2v) is 7.99. The summed E-state index contributed by atoms with van der Waals surface area (Å²) in [6.07, 6.45) is 5.02. The lowest BCUT2D eigenvalue weighted by atomic mass is 9.86. The molecular weight excluding hydrogens is 412 g/mol. The Labute approximate surface area is 182 Å². The van der Waals surface area contributed by atoms with Crippen LogP contribution in [0.2, 0.25) is 0 Å². The third-order valence-corrected chi connectivity index (χ3v) is 6.25. The first kappa shape index (κ1) is 19.8. The number of benzene rings is 2. The molecule has 9 heteroatoms. The van der Waals surface area contributed by atoms with E-state index in [9.17, 15) is 24.5 Å². The fraction of sp³-hybridized carbons (Fsp3) is 0.217. The van der Waals surface area contributed by atoms with Gasteiger partial charge < -0.3 is 0 Å². The molecule has 2 amide bonds. The number of aryl methyl sites for hydroxylation is 1. The van der Waals surface area contributed by atoms with E-state index in [-0.39, 0.29) is 11.5 Å². The summed E-state index contributed by atoms with van der Waals surface area (Å²) in [5.41, 5.74) is 1.03. The largest absolute Gasteiger partial charge is 0.292 e. The molecule has 2 fully saturated rings. The Morgan fingerprint density at radius 2 is 1.78 bits per heavy atom. The number of carbonyl (C=O) groups excluding carboxylic acids is 3. The third-order valence-electron chi connectivity index (χ3n) is 6.25. The molecule has 0 radical (unpaired) electrons. The SMILES string of the molecule is Cc1cc([N+](=O)[O-])ccc1N1C(=O)[C@@H]2[C@H](C1=O)[C@H]1C=CC=NN1[C@@H]2C(=O)c1ccccc1. The number of fused-ring (bicyclic) bond motifs is 3. The van der Waals surface area contributed by atoms with Crippen LogP contribution in [0.5, 0.6) is 0 Å². The van der Waals surface area contributed by atoms with Gasteiger partial charge in [0.1, 0.15) is 6.04 Å². The lowest BCUT2D eigenvalue weighted by molar-refractivity contribution is -0.384. The van der Waals surface area contributed by atoms with E-state index in [1.54, 1.807) is 54.4 Å². The number of Topliss-reactive ketones (excluding diaryl/α,β-unsaturated/α-hetero) is 1. The molecule has 2 aromatic rings. The molecule has 160 valence electrons. The molecule has 0 saturated carbocycles. The second-order valence-electron chi connectivity index (χ2n) is 7.99. The molecule has 0 aromatic heterocycles. The molecule has 0 aliphatic carbocycles. The minimum absolute atomic E-state index is 0.126. The van der Waals surface area contributed by atoms with E-state index in [1.165, 1.54) is 24.4 Å². The number of nitro benzene ring substituents is 1. The number of non-ortho nitro benzene ring substituents is 1. The molecule has 9 nitrogen and oxygen atoms in total. The van der Waals surface area contributed by atoms with E-state index in [0.29, 0.717) is 16.8 Å². The molecule has 3 aliphatic heterocycles. The van der Waals surface area contributed by atoms with Gasteiger partial charge in [0.25, 0.3) is 5.69 Å². The highest BCUT2D eigenvalue weighted by Gasteiger charge is 2.64. The van der Waals surface area contributed by atoms with Crippen LogP contribution in [0.25, 0.3) is 0 Å². The average Bonchev–Trinajstić information content (AvgIpc) is 3.27. The van der Waals surface area contributed by atoms with Crippen molar-refractivity contribution in [3.8, 4) is 0 Å². The zero-order chi connectivity index (χ0) is 22.6. The summed E-state index contributed by atoms with van der Waals surface area (Å²) in [6, 6.07) is 11.2. The number of imide groups is 1. The maximum absolute atomic E-state index is 13.6. The van der Waals surface area contributed by atoms with Gasteiger partial charge in [-0.3, -0.25) is 29.5 Å². The summed E-state index contributed by atoms with van der Waals surface area (Å²) >= 11 is 0. The summed E-state index contributed by atoms with van der Waals surface area (Å²) in [4.78, 5) is 52.1. The van der Waals surface area contributed by atoms with Gasteiger partial charge >= 0.3 is 0 Å². The lowest BCUT2D eigenvalue weighted by Crippen LogP contribution is -2.46. The minimum atomic E-state index is -0.923. The van der Waals surface area contributed by atoms with Crippen LogP contribution in [-0.2, 0) is 9.59 Å². The first-order chi connectivity index (χ1) is 15.4. The van der Waals surface area contributed by atoms with E-state index in [0.717, 1.165) is 4.90 Å². The number of ketones is 1. The maximum atomic E-state index is 13.6. The maximum Gasteiger partial charge on any atom is 0.269 e. The van der Waals surface area contributed by atoms with Crippen molar-refractivity contribution in [3.63, 3.8) is 0 Å². The Bertz CT molecular complexity index is 1220. The van der Waals surface area contributed by atoms with Gasteiger partial charge in [0.2, 0.25) is 11.8 Å². The molecule has 2 saturated heterocycles. The molecule has 5 rings (SSSR count). The van der Waals surface area contributed by atoms with E-state index >= 15 is 0 Å². The highest BCUT2D eigenvalue weighted by molar-refractivity contribution is 6.25. The van der Waals surface area contributed by atoms with Crippen molar-refractivity contribution in [3.05, 3.63) is 81.9 Å². The lowest BCUT2D eigenvalue weighted by Gasteiger charge is -2.30. The van der Waals surface area contributed by atoms with E-state index in [1.807, 2.05) is 0 Å². The molecule has 3 heterocycles. The van der Waals surface area contributed by atoms with Crippen molar-refractivity contribution in [2.24, 2.45) is 16.9 Å². The molecule has 2 aromatic carbocycles. The first-order valence-corrected chi connectivity index (χ1v) is 10.1. The number of amides is 2. The Kier molecular flexibility index (Phi) is 4.47. The number of rotatable bonds is 4. The molecule has 0 spiro atoms. The van der Waals surface area contributed by atoms with Gasteiger partial charge in [-0.2, -0.15) is 5.10 Å². The van der Waals surface area contributed by atoms with Crippen molar-refractivity contribution in [1.29, 1.82) is 0 Å². The number of hydrogen-bond donors (Lipinski definition) is 0. The normalized spacial score (nSPS) is 25.8. The number of anilines is 1. The van der Waals surface area contributed by atoms with Crippen LogP contribution in [-0.4, -0.2) is 45.8 Å². The highest BCUT2D eigenvalue weighted by Crippen LogP contribution is 2.46. The van der Waals surface area contributed by atoms with E-state index in [4.69, 9.17) is 0 Å². The summed E-state index contributed by atoms with van der Waals surface area (Å²) in [7, 11) is 0. The molecule has 0 unspecified atom stereocenters. The van der Waals surface area contributed by atoms with Crippen molar-refractivity contribution >= 4 is 35.2 Å². The summed E-state index contributed by atoms with van der Waals surface area (Å²) in [5.74, 6) is -2.89. The minimum Gasteiger partial charge on any atom is -0.292 e. The van der Waals surface area contributed by atoms with Crippen LogP contribution >= 0.6 is 0 Å². The first-order valence-electron chi connectivity index (χ1n) is 10.1. The van der Waals surface area contributed by atoms with Crippen molar-refractivity contribution < 1.29 is 19.3 Å². The summed E-state index contributed by atoms with van der Waals surface area (Å²) < 4.78 is 0. The highest BCUT2D eigenvalue weighted by atomic mass is 16.6. The van der Waals surface area contributed by atoms with Gasteiger partial charge in [-0.1, -0.05) is 36.4 Å². The summed E-state index contributed by atoms with van der Waals surface area (Å²) in [5, 5.41) is 17.0. The Morgan fingerprint density at radius 1 is 1.06 bits per heavy atom. The zero-order valence-corrected chi connectivity index (χ0v) is 17.0. The topological polar surface area (TPSA) is 113 Å². The Balaban J connectivity index is 1.58. The molecule has 0 N–H and O–H groups in total. The Morgan fingerprint density at radius 3 is 2.47 bits per heavy atom. The number of hydrogen-bond acceptors (Lipinski definition) is 7. The fourth-order valence-corrected chi connectivity index (χ4v) is 4.85. The predicted molar refractivity (Wildman–Crippen MR) is 115 cm³/mol. The van der Waals surface area contributed by atoms with Gasteiger partial charge in [0, 0.05) is 23.9 Å². The monoisotopic (exact) mass is 430 g/mol. The van der Waals surface area contributed by atoms with E-state index < -0.39 is 40.7 Å². The second kappa shape index (κ2) is 7.23. The van der Waals surface area contributed by atoms with Crippen LogP contribution in [0, 0.1) is 28.9 Å². The predicted octanol–water partition coefficient (Wildman–Crippen LogP) is 2.50. The van der Waals surface area contributed by atoms with Crippen molar-refractivity contribution in [1.82, 2.24) is 5.01 Å². The number of hydrazone groups is 1. The van der Waals surface area contributed by atoms with Crippen LogP contribution < -0.4 is 4.90 Å². The standard InChI is InChI=1S/C23H18N4O5/c1-13-12-15(27(31)32)9-10-16(13)25-22(29)18-17-8-5-11-24-26(17)20(19(18)23(25)30)21(28)14-6-3-2-4-7-14/h2-12,17-20H,1H3/t17-,18-,19-,20+/m1/s1. The Hall–Kier alpha value is -4.14. The fourth-order valence-electron chi connectivity index (χ4n) is 4.85. The average molecular weight is 430 g/mol. The van der Waals surface area contributed by atoms with Crippen LogP contribution in [0.4, 0.5) is 11.4 Å². The van der Waals surface area contributed by atoms with Gasteiger partial charge in [-0.05, 0) is 24.6 Å². The van der Waals surface area contributed by atoms with Crippen LogP contribution in [0.1, 0.15) is 15.9 Å². The third kappa shape index (κ3) is 2.78. The van der Waals surface area contributed by atoms with Gasteiger partial charge in [-0.25, -0.2) is 4.90 Å². The van der Waals surface area contributed by atoms with Crippen molar-refractivity contribution in [2.75, 3.05) is 4.90 Å². The summed E-state index contributed by atoms with van der Waals surface area (Å²) in [6.45, 7) is 1.61.